The van der Waals surface area contributed by atoms with Gasteiger partial charge in [0.25, 0.3) is 0 Å². The fourth-order valence-electron chi connectivity index (χ4n) is 3.52. The Labute approximate surface area is 172 Å². The van der Waals surface area contributed by atoms with Crippen molar-refractivity contribution in [1.82, 2.24) is 4.98 Å². The van der Waals surface area contributed by atoms with Gasteiger partial charge in [0.1, 0.15) is 11.6 Å². The molecule has 4 N–H and O–H groups in total. The fourth-order valence-corrected chi connectivity index (χ4v) is 3.52. The molecule has 9 heteroatoms. The maximum absolute atomic E-state index is 14.0. The number of H-pyrrole nitrogens is 1. The zero-order chi connectivity index (χ0) is 22.3. The summed E-state index contributed by atoms with van der Waals surface area (Å²) in [5, 5.41) is 12.7. The summed E-state index contributed by atoms with van der Waals surface area (Å²) >= 11 is 0. The molecule has 0 bridgehead atoms. The minimum atomic E-state index is -4.75. The highest BCUT2D eigenvalue weighted by molar-refractivity contribution is 6.07. The van der Waals surface area contributed by atoms with E-state index in [0.29, 0.717) is 17.7 Å². The summed E-state index contributed by atoms with van der Waals surface area (Å²) in [5.74, 6) is -2.48. The normalized spacial score (nSPS) is 12.5. The molecular formula is C22H14F5N3O. The summed E-state index contributed by atoms with van der Waals surface area (Å²) in [5.41, 5.74) is 5.38. The van der Waals surface area contributed by atoms with Crippen molar-refractivity contribution in [1.29, 1.82) is 0 Å². The van der Waals surface area contributed by atoms with Crippen LogP contribution in [0.4, 0.5) is 22.0 Å². The Morgan fingerprint density at radius 2 is 1.61 bits per heavy atom. The van der Waals surface area contributed by atoms with Gasteiger partial charge in [-0.15, -0.1) is 0 Å². The molecule has 158 valence electrons. The van der Waals surface area contributed by atoms with Crippen molar-refractivity contribution in [2.75, 3.05) is 0 Å². The number of nitrogens with zero attached hydrogens (tertiary/aromatic N) is 1. The molecule has 4 aromatic rings. The van der Waals surface area contributed by atoms with Crippen LogP contribution in [0.1, 0.15) is 11.1 Å². The third-order valence-electron chi connectivity index (χ3n) is 4.86. The first-order valence-electron chi connectivity index (χ1n) is 8.94. The van der Waals surface area contributed by atoms with Gasteiger partial charge in [-0.1, -0.05) is 11.2 Å². The van der Waals surface area contributed by atoms with Crippen molar-refractivity contribution in [2.24, 2.45) is 10.9 Å². The second kappa shape index (κ2) is 7.42. The SMILES string of the molecule is N/C(=N\O)c1cc(C(F)(F)F)cc(-c2ccc3[nH]ccc3c2)c1-c1cc(F)cc(F)c1. The van der Waals surface area contributed by atoms with E-state index in [2.05, 4.69) is 10.1 Å². The highest BCUT2D eigenvalue weighted by atomic mass is 19.4. The molecule has 1 heterocycles. The van der Waals surface area contributed by atoms with E-state index in [1.807, 2.05) is 0 Å². The number of halogens is 5. The molecule has 0 radical (unpaired) electrons. The monoisotopic (exact) mass is 431 g/mol. The first kappa shape index (κ1) is 20.4. The molecule has 1 aromatic heterocycles. The number of aromatic amines is 1. The van der Waals surface area contributed by atoms with E-state index < -0.39 is 29.2 Å². The van der Waals surface area contributed by atoms with E-state index >= 15 is 0 Å². The first-order chi connectivity index (χ1) is 14.7. The lowest BCUT2D eigenvalue weighted by molar-refractivity contribution is -0.137. The van der Waals surface area contributed by atoms with Gasteiger partial charge in [-0.3, -0.25) is 0 Å². The summed E-state index contributed by atoms with van der Waals surface area (Å²) in [7, 11) is 0. The van der Waals surface area contributed by atoms with Gasteiger partial charge in [-0.2, -0.15) is 13.2 Å². The molecule has 0 atom stereocenters. The number of alkyl halides is 3. The van der Waals surface area contributed by atoms with Crippen molar-refractivity contribution < 1.29 is 27.2 Å². The van der Waals surface area contributed by atoms with Gasteiger partial charge in [0, 0.05) is 28.9 Å². The number of oxime groups is 1. The van der Waals surface area contributed by atoms with Crippen LogP contribution in [0.5, 0.6) is 0 Å². The average Bonchev–Trinajstić information content (AvgIpc) is 3.18. The Morgan fingerprint density at radius 3 is 2.26 bits per heavy atom. The molecule has 0 aliphatic rings. The smallest absolute Gasteiger partial charge is 0.409 e. The summed E-state index contributed by atoms with van der Waals surface area (Å²) in [6, 6.07) is 10.8. The highest BCUT2D eigenvalue weighted by Crippen LogP contribution is 2.41. The number of rotatable bonds is 3. The van der Waals surface area contributed by atoms with Crippen molar-refractivity contribution in [3.8, 4) is 22.3 Å². The number of hydrogen-bond acceptors (Lipinski definition) is 2. The largest absolute Gasteiger partial charge is 0.416 e. The fraction of sp³-hybridized carbons (Fsp3) is 0.0455. The zero-order valence-corrected chi connectivity index (χ0v) is 15.6. The van der Waals surface area contributed by atoms with Crippen LogP contribution < -0.4 is 5.73 Å². The Bertz CT molecular complexity index is 1300. The Hall–Kier alpha value is -3.88. The van der Waals surface area contributed by atoms with Gasteiger partial charge in [0.05, 0.1) is 5.56 Å². The van der Waals surface area contributed by atoms with Crippen LogP contribution in [0.15, 0.2) is 65.9 Å². The zero-order valence-electron chi connectivity index (χ0n) is 15.6. The Morgan fingerprint density at radius 1 is 0.903 bits per heavy atom. The van der Waals surface area contributed by atoms with Crippen molar-refractivity contribution >= 4 is 16.7 Å². The number of amidine groups is 1. The van der Waals surface area contributed by atoms with Crippen LogP contribution in [0.2, 0.25) is 0 Å². The number of aromatic nitrogens is 1. The molecule has 0 unspecified atom stereocenters. The maximum atomic E-state index is 14.0. The van der Waals surface area contributed by atoms with Gasteiger partial charge in [-0.25, -0.2) is 8.78 Å². The number of fused-ring (bicyclic) bond motifs is 1. The average molecular weight is 431 g/mol. The third kappa shape index (κ3) is 3.81. The third-order valence-corrected chi connectivity index (χ3v) is 4.86. The molecule has 31 heavy (non-hydrogen) atoms. The lowest BCUT2D eigenvalue weighted by Gasteiger charge is -2.19. The number of nitrogens with two attached hydrogens (primary N) is 1. The molecule has 0 saturated carbocycles. The number of hydrogen-bond donors (Lipinski definition) is 3. The Balaban J connectivity index is 2.13. The van der Waals surface area contributed by atoms with Crippen LogP contribution in [0.25, 0.3) is 33.2 Å². The summed E-state index contributed by atoms with van der Waals surface area (Å²) < 4.78 is 68.8. The summed E-state index contributed by atoms with van der Waals surface area (Å²) in [4.78, 5) is 2.98. The van der Waals surface area contributed by atoms with E-state index in [4.69, 9.17) is 10.9 Å². The molecule has 0 aliphatic heterocycles. The predicted octanol–water partition coefficient (Wildman–Crippen LogP) is 5.89. The van der Waals surface area contributed by atoms with Gasteiger partial charge < -0.3 is 15.9 Å². The Kier molecular flexibility index (Phi) is 4.88. The standard InChI is InChI=1S/C22H14F5N3O/c23-15-6-13(7-16(24)10-15)20-17(11-1-2-19-12(5-11)3-4-29-19)8-14(22(25,26)27)9-18(20)21(28)30-31/h1-10,29,31H,(H2,28,30). The number of benzene rings is 3. The van der Waals surface area contributed by atoms with E-state index in [1.54, 1.807) is 30.5 Å². The van der Waals surface area contributed by atoms with Crippen molar-refractivity contribution in [2.45, 2.75) is 6.18 Å². The van der Waals surface area contributed by atoms with E-state index in [9.17, 15) is 22.0 Å². The highest BCUT2D eigenvalue weighted by Gasteiger charge is 2.33. The molecule has 0 saturated heterocycles. The van der Waals surface area contributed by atoms with Crippen LogP contribution in [-0.2, 0) is 6.18 Å². The van der Waals surface area contributed by atoms with Crippen LogP contribution in [0.3, 0.4) is 0 Å². The van der Waals surface area contributed by atoms with Crippen molar-refractivity contribution in [3.05, 3.63) is 83.6 Å². The predicted molar refractivity (Wildman–Crippen MR) is 107 cm³/mol. The number of nitrogens with one attached hydrogen (secondary N) is 1. The quantitative estimate of drug-likeness (QED) is 0.124. The molecule has 0 amide bonds. The molecule has 0 fully saturated rings. The second-order valence-electron chi connectivity index (χ2n) is 6.87. The van der Waals surface area contributed by atoms with E-state index in [1.165, 1.54) is 0 Å². The minimum Gasteiger partial charge on any atom is -0.409 e. The molecule has 3 aromatic carbocycles. The van der Waals surface area contributed by atoms with Crippen molar-refractivity contribution in [3.63, 3.8) is 0 Å². The van der Waals surface area contributed by atoms with Crippen LogP contribution >= 0.6 is 0 Å². The van der Waals surface area contributed by atoms with Gasteiger partial charge in [0.15, 0.2) is 5.84 Å². The van der Waals surface area contributed by atoms with E-state index in [-0.39, 0.29) is 22.3 Å². The topological polar surface area (TPSA) is 74.4 Å². The van der Waals surface area contributed by atoms with Crippen LogP contribution in [0, 0.1) is 11.6 Å². The lowest BCUT2D eigenvalue weighted by atomic mass is 9.87. The molecular weight excluding hydrogens is 417 g/mol. The minimum absolute atomic E-state index is 0.00316. The van der Waals surface area contributed by atoms with E-state index in [0.717, 1.165) is 29.1 Å². The maximum Gasteiger partial charge on any atom is 0.416 e. The first-order valence-corrected chi connectivity index (χ1v) is 8.94. The molecule has 4 rings (SSSR count). The molecule has 0 spiro atoms. The van der Waals surface area contributed by atoms with Gasteiger partial charge in [-0.05, 0) is 64.5 Å². The second-order valence-corrected chi connectivity index (χ2v) is 6.87. The summed E-state index contributed by atoms with van der Waals surface area (Å²) in [6.07, 6.45) is -3.07. The van der Waals surface area contributed by atoms with Crippen LogP contribution in [-0.4, -0.2) is 16.0 Å². The lowest BCUT2D eigenvalue weighted by Crippen LogP contribution is -2.17. The molecule has 0 aliphatic carbocycles. The van der Waals surface area contributed by atoms with Gasteiger partial charge in [0.2, 0.25) is 0 Å². The van der Waals surface area contributed by atoms with Gasteiger partial charge >= 0.3 is 6.18 Å². The summed E-state index contributed by atoms with van der Waals surface area (Å²) in [6.45, 7) is 0. The molecule has 4 nitrogen and oxygen atoms in total.